The first-order valence-corrected chi connectivity index (χ1v) is 5.17. The van der Waals surface area contributed by atoms with Gasteiger partial charge < -0.3 is 15.0 Å². The molecule has 0 fully saturated rings. The molecule has 0 radical (unpaired) electrons. The smallest absolute Gasteiger partial charge is 0.430 e. The first-order chi connectivity index (χ1) is 8.27. The first-order valence-electron chi connectivity index (χ1n) is 5.17. The second-order valence-corrected chi connectivity index (χ2v) is 3.53. The topological polar surface area (TPSA) is 69.2 Å². The fraction of sp³-hybridized carbons (Fsp3) is 0.600. The van der Waals surface area contributed by atoms with Crippen molar-refractivity contribution >= 4 is 5.97 Å². The SMILES string of the molecule is Cn1cc[n+](CCCCO)c1.O=C([O-])C(F)(F)F. The Kier molecular flexibility index (Phi) is 7.03. The molecule has 0 saturated carbocycles. The molecule has 8 heteroatoms. The van der Waals surface area contributed by atoms with Crippen LogP contribution in [0.5, 0.6) is 0 Å². The summed E-state index contributed by atoms with van der Waals surface area (Å²) in [5.41, 5.74) is 0. The number of carbonyl (C=O) groups excluding carboxylic acids is 1. The van der Waals surface area contributed by atoms with E-state index in [0.29, 0.717) is 6.61 Å². The lowest BCUT2D eigenvalue weighted by Gasteiger charge is -2.03. The predicted octanol–water partition coefficient (Wildman–Crippen LogP) is -0.616. The summed E-state index contributed by atoms with van der Waals surface area (Å²) in [5.74, 6) is -3.01. The number of carboxylic acid groups (broad SMARTS) is 1. The highest BCUT2D eigenvalue weighted by Gasteiger charge is 2.28. The van der Waals surface area contributed by atoms with Crippen molar-refractivity contribution in [2.75, 3.05) is 6.61 Å². The van der Waals surface area contributed by atoms with E-state index in [1.807, 2.05) is 30.3 Å². The summed E-state index contributed by atoms with van der Waals surface area (Å²) in [7, 11) is 2.00. The Labute approximate surface area is 102 Å². The highest BCUT2D eigenvalue weighted by molar-refractivity contribution is 5.70. The van der Waals surface area contributed by atoms with E-state index in [0.717, 1.165) is 19.4 Å². The quantitative estimate of drug-likeness (QED) is 0.584. The number of carboxylic acids is 1. The molecular formula is C10H15F3N2O3. The van der Waals surface area contributed by atoms with Crippen LogP contribution in [-0.2, 0) is 18.4 Å². The van der Waals surface area contributed by atoms with Crippen LogP contribution in [0.2, 0.25) is 0 Å². The fourth-order valence-corrected chi connectivity index (χ4v) is 1.04. The van der Waals surface area contributed by atoms with Gasteiger partial charge in [-0.15, -0.1) is 0 Å². The molecule has 0 aliphatic carbocycles. The van der Waals surface area contributed by atoms with Crippen LogP contribution < -0.4 is 9.67 Å². The molecule has 0 aromatic carbocycles. The number of aliphatic carboxylic acids is 1. The molecule has 18 heavy (non-hydrogen) atoms. The number of hydrogen-bond donors (Lipinski definition) is 1. The molecule has 0 saturated heterocycles. The highest BCUT2D eigenvalue weighted by atomic mass is 19.4. The van der Waals surface area contributed by atoms with E-state index in [9.17, 15) is 13.2 Å². The first kappa shape index (κ1) is 16.4. The van der Waals surface area contributed by atoms with Crippen molar-refractivity contribution in [1.29, 1.82) is 0 Å². The average Bonchev–Trinajstić information content (AvgIpc) is 2.64. The van der Waals surface area contributed by atoms with Crippen molar-refractivity contribution in [2.24, 2.45) is 7.05 Å². The molecule has 0 bridgehead atoms. The second-order valence-electron chi connectivity index (χ2n) is 3.53. The van der Waals surface area contributed by atoms with Crippen LogP contribution in [0.3, 0.4) is 0 Å². The van der Waals surface area contributed by atoms with Crippen LogP contribution in [0.4, 0.5) is 13.2 Å². The molecule has 0 amide bonds. The Morgan fingerprint density at radius 3 is 2.33 bits per heavy atom. The van der Waals surface area contributed by atoms with Crippen LogP contribution in [0.25, 0.3) is 0 Å². The highest BCUT2D eigenvalue weighted by Crippen LogP contribution is 2.11. The zero-order chi connectivity index (χ0) is 14.2. The molecule has 1 aromatic rings. The lowest BCUT2D eigenvalue weighted by Crippen LogP contribution is -2.37. The standard InChI is InChI=1S/C8H15N2O.C2HF3O2/c1-9-5-6-10(8-9)4-2-3-7-11;3-2(4,5)1(6)7/h5-6,8,11H,2-4,7H2,1H3;(H,6,7)/q+1;/p-1. The number of aliphatic hydroxyl groups is 1. The van der Waals surface area contributed by atoms with Crippen LogP contribution in [0.15, 0.2) is 18.7 Å². The van der Waals surface area contributed by atoms with Crippen molar-refractivity contribution in [2.45, 2.75) is 25.6 Å². The maximum atomic E-state index is 10.5. The summed E-state index contributed by atoms with van der Waals surface area (Å²) in [5, 5.41) is 17.3. The van der Waals surface area contributed by atoms with E-state index in [4.69, 9.17) is 15.0 Å². The molecular weight excluding hydrogens is 253 g/mol. The van der Waals surface area contributed by atoms with E-state index in [-0.39, 0.29) is 0 Å². The van der Waals surface area contributed by atoms with Gasteiger partial charge in [-0.05, 0) is 12.8 Å². The number of unbranched alkanes of at least 4 members (excludes halogenated alkanes) is 1. The number of aliphatic hydroxyl groups excluding tert-OH is 1. The van der Waals surface area contributed by atoms with E-state index in [1.54, 1.807) is 0 Å². The van der Waals surface area contributed by atoms with Gasteiger partial charge in [0.05, 0.1) is 13.6 Å². The number of imidazole rings is 1. The van der Waals surface area contributed by atoms with Crippen molar-refractivity contribution < 1.29 is 32.7 Å². The Bertz CT molecular complexity index is 363. The predicted molar refractivity (Wildman–Crippen MR) is 53.0 cm³/mol. The third kappa shape index (κ3) is 7.66. The minimum atomic E-state index is -5.19. The minimum absolute atomic E-state index is 0.299. The third-order valence-corrected chi connectivity index (χ3v) is 1.88. The summed E-state index contributed by atoms with van der Waals surface area (Å²) in [6, 6.07) is 0. The number of hydrogen-bond acceptors (Lipinski definition) is 3. The maximum Gasteiger partial charge on any atom is 0.430 e. The van der Waals surface area contributed by atoms with Gasteiger partial charge in [0.1, 0.15) is 18.4 Å². The van der Waals surface area contributed by atoms with Crippen molar-refractivity contribution in [3.05, 3.63) is 18.7 Å². The molecule has 5 nitrogen and oxygen atoms in total. The zero-order valence-electron chi connectivity index (χ0n) is 9.85. The summed E-state index contributed by atoms with van der Waals surface area (Å²) < 4.78 is 35.7. The molecule has 0 atom stereocenters. The van der Waals surface area contributed by atoms with Gasteiger partial charge in [-0.3, -0.25) is 0 Å². The summed E-state index contributed by atoms with van der Waals surface area (Å²) >= 11 is 0. The van der Waals surface area contributed by atoms with Gasteiger partial charge in [-0.25, -0.2) is 9.13 Å². The Hall–Kier alpha value is -1.57. The van der Waals surface area contributed by atoms with E-state index >= 15 is 0 Å². The fourth-order valence-electron chi connectivity index (χ4n) is 1.04. The lowest BCUT2D eigenvalue weighted by molar-refractivity contribution is -0.696. The number of aromatic nitrogens is 2. The number of carbonyl (C=O) groups is 1. The Morgan fingerprint density at radius 1 is 1.44 bits per heavy atom. The molecule has 0 aliphatic heterocycles. The van der Waals surface area contributed by atoms with Crippen LogP contribution in [0, 0.1) is 0 Å². The normalized spacial score (nSPS) is 10.7. The molecule has 0 aliphatic rings. The molecule has 0 spiro atoms. The number of aryl methyl sites for hydroxylation is 2. The van der Waals surface area contributed by atoms with Crippen LogP contribution in [-0.4, -0.2) is 28.4 Å². The maximum absolute atomic E-state index is 10.5. The second kappa shape index (κ2) is 7.70. The summed E-state index contributed by atoms with van der Waals surface area (Å²) in [6.07, 6.45) is 2.83. The van der Waals surface area contributed by atoms with Gasteiger partial charge in [0.25, 0.3) is 0 Å². The summed E-state index contributed by atoms with van der Waals surface area (Å²) in [4.78, 5) is 8.78. The van der Waals surface area contributed by atoms with Gasteiger partial charge in [-0.1, -0.05) is 0 Å². The zero-order valence-corrected chi connectivity index (χ0v) is 9.85. The van der Waals surface area contributed by atoms with Gasteiger partial charge >= 0.3 is 6.18 Å². The number of nitrogens with zero attached hydrogens (tertiary/aromatic N) is 2. The monoisotopic (exact) mass is 268 g/mol. The van der Waals surface area contributed by atoms with Crippen molar-refractivity contribution in [3.8, 4) is 0 Å². The Morgan fingerprint density at radius 2 is 2.00 bits per heavy atom. The third-order valence-electron chi connectivity index (χ3n) is 1.88. The number of alkyl halides is 3. The molecule has 1 N–H and O–H groups in total. The summed E-state index contributed by atoms with van der Waals surface area (Å²) in [6.45, 7) is 1.30. The average molecular weight is 268 g/mol. The van der Waals surface area contributed by atoms with Crippen LogP contribution >= 0.6 is 0 Å². The number of halogens is 3. The van der Waals surface area contributed by atoms with Crippen molar-refractivity contribution in [1.82, 2.24) is 4.57 Å². The Balaban J connectivity index is 0.000000360. The van der Waals surface area contributed by atoms with Gasteiger partial charge in [0, 0.05) is 6.61 Å². The number of rotatable bonds is 4. The van der Waals surface area contributed by atoms with E-state index < -0.39 is 12.1 Å². The molecule has 0 unspecified atom stereocenters. The molecule has 104 valence electrons. The molecule has 1 rings (SSSR count). The molecule has 1 aromatic heterocycles. The lowest BCUT2D eigenvalue weighted by atomic mass is 10.3. The molecule has 1 heterocycles. The van der Waals surface area contributed by atoms with Crippen molar-refractivity contribution in [3.63, 3.8) is 0 Å². The minimum Gasteiger partial charge on any atom is -0.542 e. The van der Waals surface area contributed by atoms with Gasteiger partial charge in [0.15, 0.2) is 0 Å². The van der Waals surface area contributed by atoms with Gasteiger partial charge in [0.2, 0.25) is 6.33 Å². The van der Waals surface area contributed by atoms with E-state index in [2.05, 4.69) is 4.57 Å². The van der Waals surface area contributed by atoms with E-state index in [1.165, 1.54) is 0 Å². The van der Waals surface area contributed by atoms with Gasteiger partial charge in [-0.2, -0.15) is 13.2 Å². The largest absolute Gasteiger partial charge is 0.542 e. The van der Waals surface area contributed by atoms with Crippen LogP contribution in [0.1, 0.15) is 12.8 Å².